The summed E-state index contributed by atoms with van der Waals surface area (Å²) >= 11 is 0. The molecule has 6 aromatic rings. The Morgan fingerprint density at radius 3 is 2.14 bits per heavy atom. The van der Waals surface area contributed by atoms with Gasteiger partial charge in [-0.3, -0.25) is 0 Å². The molecule has 2 aliphatic carbocycles. The fourth-order valence-corrected chi connectivity index (χ4v) is 7.92. The first kappa shape index (κ1) is 25.9. The molecule has 2 aliphatic rings. The zero-order valence-corrected chi connectivity index (χ0v) is 25.3. The van der Waals surface area contributed by atoms with Crippen LogP contribution in [-0.2, 0) is 10.8 Å². The number of benzene rings is 5. The molecule has 8 rings (SSSR count). The molecule has 210 valence electrons. The molecular weight excluding hydrogens is 520 g/mol. The molecule has 0 saturated heterocycles. The van der Waals surface area contributed by atoms with E-state index in [9.17, 15) is 0 Å². The van der Waals surface area contributed by atoms with E-state index in [0.717, 1.165) is 6.42 Å². The van der Waals surface area contributed by atoms with E-state index in [1.807, 2.05) is 0 Å². The molecule has 0 fully saturated rings. The van der Waals surface area contributed by atoms with Crippen LogP contribution in [0.5, 0.6) is 0 Å². The minimum atomic E-state index is -0.0324. The van der Waals surface area contributed by atoms with E-state index >= 15 is 0 Å². The van der Waals surface area contributed by atoms with Gasteiger partial charge in [0, 0.05) is 44.4 Å². The van der Waals surface area contributed by atoms with E-state index in [1.54, 1.807) is 0 Å². The first-order chi connectivity index (χ1) is 20.9. The molecule has 2 nitrogen and oxygen atoms in total. The Morgan fingerprint density at radius 2 is 1.33 bits per heavy atom. The molecule has 1 aromatic heterocycles. The summed E-state index contributed by atoms with van der Waals surface area (Å²) in [5, 5.41) is 2.53. The molecule has 5 aromatic carbocycles. The van der Waals surface area contributed by atoms with Crippen LogP contribution < -0.4 is 4.90 Å². The largest absolute Gasteiger partial charge is 0.311 e. The van der Waals surface area contributed by atoms with Crippen molar-refractivity contribution in [1.82, 2.24) is 4.57 Å². The quantitative estimate of drug-likeness (QED) is 0.210. The Labute approximate surface area is 254 Å². The maximum absolute atomic E-state index is 2.49. The molecule has 43 heavy (non-hydrogen) atoms. The second-order valence-electron chi connectivity index (χ2n) is 12.9. The molecule has 0 spiro atoms. The Kier molecular flexibility index (Phi) is 5.62. The fourth-order valence-electron chi connectivity index (χ4n) is 7.92. The summed E-state index contributed by atoms with van der Waals surface area (Å²) in [6.45, 7) is 9.45. The van der Waals surface area contributed by atoms with Gasteiger partial charge in [-0.05, 0) is 84.1 Å². The third-order valence-electron chi connectivity index (χ3n) is 10.0. The van der Waals surface area contributed by atoms with Crippen molar-refractivity contribution in [3.05, 3.63) is 161 Å². The van der Waals surface area contributed by atoms with Crippen LogP contribution in [-0.4, -0.2) is 4.57 Å². The molecule has 2 heteroatoms. The summed E-state index contributed by atoms with van der Waals surface area (Å²) in [5.74, 6) is 0. The van der Waals surface area contributed by atoms with Gasteiger partial charge in [-0.25, -0.2) is 0 Å². The number of fused-ring (bicyclic) bond motifs is 6. The van der Waals surface area contributed by atoms with E-state index in [1.165, 1.54) is 66.8 Å². The lowest BCUT2D eigenvalue weighted by atomic mass is 9.70. The number of rotatable bonds is 4. The van der Waals surface area contributed by atoms with Gasteiger partial charge in [0.25, 0.3) is 0 Å². The number of para-hydroxylation sites is 3. The molecule has 0 bridgehead atoms. The number of nitrogens with zero attached hydrogens (tertiary/aromatic N) is 2. The molecule has 0 N–H and O–H groups in total. The maximum Gasteiger partial charge on any atom is 0.0542 e. The van der Waals surface area contributed by atoms with Gasteiger partial charge in [0.15, 0.2) is 0 Å². The van der Waals surface area contributed by atoms with Gasteiger partial charge in [-0.1, -0.05) is 106 Å². The van der Waals surface area contributed by atoms with Gasteiger partial charge in [0.2, 0.25) is 0 Å². The smallest absolute Gasteiger partial charge is 0.0542 e. The second kappa shape index (κ2) is 9.34. The number of aromatic nitrogens is 1. The van der Waals surface area contributed by atoms with Crippen LogP contribution in [0.25, 0.3) is 27.5 Å². The highest BCUT2D eigenvalue weighted by molar-refractivity contribution is 6.10. The average molecular weight is 557 g/mol. The van der Waals surface area contributed by atoms with E-state index in [-0.39, 0.29) is 10.8 Å². The van der Waals surface area contributed by atoms with Crippen LogP contribution in [0, 0.1) is 6.92 Å². The van der Waals surface area contributed by atoms with Crippen molar-refractivity contribution in [2.24, 2.45) is 0 Å². The Hall–Kier alpha value is -4.82. The highest BCUT2D eigenvalue weighted by atomic mass is 15.2. The van der Waals surface area contributed by atoms with Gasteiger partial charge in [-0.15, -0.1) is 0 Å². The zero-order chi connectivity index (χ0) is 29.3. The highest BCUT2D eigenvalue weighted by Gasteiger charge is 2.49. The summed E-state index contributed by atoms with van der Waals surface area (Å²) in [6, 6.07) is 44.3. The van der Waals surface area contributed by atoms with Crippen molar-refractivity contribution in [2.75, 3.05) is 4.90 Å². The maximum atomic E-state index is 2.49. The Bertz CT molecular complexity index is 2110. The van der Waals surface area contributed by atoms with Crippen LogP contribution >= 0.6 is 0 Å². The Morgan fingerprint density at radius 1 is 0.651 bits per heavy atom. The molecule has 1 heterocycles. The molecule has 0 amide bonds. The van der Waals surface area contributed by atoms with E-state index in [0.29, 0.717) is 0 Å². The number of aryl methyl sites for hydroxylation is 1. The van der Waals surface area contributed by atoms with E-state index < -0.39 is 0 Å². The van der Waals surface area contributed by atoms with Crippen LogP contribution in [0.4, 0.5) is 11.4 Å². The minimum absolute atomic E-state index is 0.00799. The van der Waals surface area contributed by atoms with Gasteiger partial charge >= 0.3 is 0 Å². The SMILES string of the molecule is Cc1ccccc1N(C1=CCC2(C)C(=C1)C(C)(C)c1ccccc12)c1ccc2c(c1)c1ccccc1n2-c1ccccc1. The second-order valence-corrected chi connectivity index (χ2v) is 12.9. The van der Waals surface area contributed by atoms with Crippen LogP contribution in [0.3, 0.4) is 0 Å². The van der Waals surface area contributed by atoms with E-state index in [2.05, 4.69) is 171 Å². The van der Waals surface area contributed by atoms with Gasteiger partial charge < -0.3 is 9.47 Å². The third kappa shape index (κ3) is 3.72. The molecule has 0 aliphatic heterocycles. The molecule has 0 radical (unpaired) electrons. The predicted octanol–water partition coefficient (Wildman–Crippen LogP) is 10.7. The van der Waals surface area contributed by atoms with Crippen LogP contribution in [0.1, 0.15) is 43.9 Å². The van der Waals surface area contributed by atoms with E-state index in [4.69, 9.17) is 0 Å². The number of hydrogen-bond donors (Lipinski definition) is 0. The standard InChI is InChI=1S/C41H36N2/c1-28-14-8-12-20-36(28)42(31-24-25-41(4)35-19-11-10-18-34(35)40(2,3)39(41)27-31)30-22-23-38-33(26-30)32-17-9-13-21-37(32)43(38)29-15-6-5-7-16-29/h5-24,26-27H,25H2,1-4H3. The summed E-state index contributed by atoms with van der Waals surface area (Å²) in [7, 11) is 0. The Balaban J connectivity index is 1.34. The van der Waals surface area contributed by atoms with Crippen molar-refractivity contribution < 1.29 is 0 Å². The lowest BCUT2D eigenvalue weighted by molar-refractivity contribution is 0.508. The summed E-state index contributed by atoms with van der Waals surface area (Å²) in [6.07, 6.45) is 5.94. The fraction of sp³-hybridized carbons (Fsp3) is 0.171. The highest BCUT2D eigenvalue weighted by Crippen LogP contribution is 2.57. The van der Waals surface area contributed by atoms with Gasteiger partial charge in [-0.2, -0.15) is 0 Å². The van der Waals surface area contributed by atoms with Gasteiger partial charge in [0.05, 0.1) is 11.0 Å². The number of hydrogen-bond acceptors (Lipinski definition) is 1. The predicted molar refractivity (Wildman–Crippen MR) is 182 cm³/mol. The molecule has 1 atom stereocenters. The first-order valence-electron chi connectivity index (χ1n) is 15.4. The number of anilines is 2. The van der Waals surface area contributed by atoms with Crippen molar-refractivity contribution in [3.63, 3.8) is 0 Å². The summed E-state index contributed by atoms with van der Waals surface area (Å²) in [4.78, 5) is 2.48. The lowest BCUT2D eigenvalue weighted by Gasteiger charge is -2.38. The van der Waals surface area contributed by atoms with Crippen molar-refractivity contribution in [1.29, 1.82) is 0 Å². The normalized spacial score (nSPS) is 18.7. The first-order valence-corrected chi connectivity index (χ1v) is 15.4. The zero-order valence-electron chi connectivity index (χ0n) is 25.3. The topological polar surface area (TPSA) is 8.17 Å². The van der Waals surface area contributed by atoms with Crippen molar-refractivity contribution >= 4 is 33.2 Å². The molecular formula is C41H36N2. The van der Waals surface area contributed by atoms with Crippen molar-refractivity contribution in [3.8, 4) is 5.69 Å². The number of allylic oxidation sites excluding steroid dienone is 3. The lowest BCUT2D eigenvalue weighted by Crippen LogP contribution is -2.30. The van der Waals surface area contributed by atoms with Crippen molar-refractivity contribution in [2.45, 2.75) is 44.9 Å². The minimum Gasteiger partial charge on any atom is -0.311 e. The molecule has 1 unspecified atom stereocenters. The molecule has 0 saturated carbocycles. The van der Waals surface area contributed by atoms with Crippen LogP contribution in [0.2, 0.25) is 0 Å². The third-order valence-corrected chi connectivity index (χ3v) is 10.0. The van der Waals surface area contributed by atoms with Crippen LogP contribution in [0.15, 0.2) is 145 Å². The summed E-state index contributed by atoms with van der Waals surface area (Å²) < 4.78 is 2.39. The summed E-state index contributed by atoms with van der Waals surface area (Å²) in [5.41, 5.74) is 12.9. The van der Waals surface area contributed by atoms with Gasteiger partial charge in [0.1, 0.15) is 0 Å². The monoisotopic (exact) mass is 556 g/mol. The average Bonchev–Trinajstić information content (AvgIpc) is 3.45.